The van der Waals surface area contributed by atoms with Crippen LogP contribution in [0.2, 0.25) is 0 Å². The van der Waals surface area contributed by atoms with Gasteiger partial charge in [0.1, 0.15) is 6.04 Å². The molecule has 0 saturated heterocycles. The molecular formula is C10H11FN2O7S. The van der Waals surface area contributed by atoms with Crippen molar-refractivity contribution in [2.75, 3.05) is 6.61 Å². The van der Waals surface area contributed by atoms with Crippen molar-refractivity contribution in [2.45, 2.75) is 17.4 Å². The molecule has 1 aromatic rings. The van der Waals surface area contributed by atoms with Crippen LogP contribution in [0.25, 0.3) is 0 Å². The average Bonchev–Trinajstić information content (AvgIpc) is 2.37. The van der Waals surface area contributed by atoms with Gasteiger partial charge in [0.15, 0.2) is 0 Å². The molecule has 0 spiro atoms. The number of aliphatic carboxylic acids is 1. The quantitative estimate of drug-likeness (QED) is 0.467. The van der Waals surface area contributed by atoms with E-state index in [0.29, 0.717) is 12.1 Å². The maximum Gasteiger partial charge on any atom is 0.321 e. The number of halogens is 1. The zero-order valence-electron chi connectivity index (χ0n) is 10.4. The zero-order valence-corrected chi connectivity index (χ0v) is 11.2. The molecule has 0 saturated carbocycles. The Morgan fingerprint density at radius 1 is 1.48 bits per heavy atom. The van der Waals surface area contributed by atoms with Gasteiger partial charge < -0.3 is 10.2 Å². The highest BCUT2D eigenvalue weighted by atomic mass is 32.2. The number of benzene rings is 1. The van der Waals surface area contributed by atoms with Crippen LogP contribution in [0.4, 0.5) is 10.1 Å². The van der Waals surface area contributed by atoms with E-state index in [1.54, 1.807) is 4.72 Å². The summed E-state index contributed by atoms with van der Waals surface area (Å²) >= 11 is 0. The average molecular weight is 322 g/mol. The summed E-state index contributed by atoms with van der Waals surface area (Å²) in [6.45, 7) is -0.575. The van der Waals surface area contributed by atoms with Gasteiger partial charge in [-0.25, -0.2) is 8.42 Å². The van der Waals surface area contributed by atoms with E-state index in [4.69, 9.17) is 10.2 Å². The van der Waals surface area contributed by atoms with Crippen LogP contribution in [0.15, 0.2) is 23.1 Å². The van der Waals surface area contributed by atoms with Gasteiger partial charge in [-0.15, -0.1) is 0 Å². The number of sulfonamides is 1. The molecule has 3 N–H and O–H groups in total. The molecular weight excluding hydrogens is 311 g/mol. The van der Waals surface area contributed by atoms with Gasteiger partial charge >= 0.3 is 11.7 Å². The summed E-state index contributed by atoms with van der Waals surface area (Å²) in [5, 5.41) is 27.9. The number of nitro benzene ring substituents is 1. The summed E-state index contributed by atoms with van der Waals surface area (Å²) < 4.78 is 38.9. The second-order valence-electron chi connectivity index (χ2n) is 3.89. The predicted octanol–water partition coefficient (Wildman–Crippen LogP) is -0.152. The highest BCUT2D eigenvalue weighted by molar-refractivity contribution is 7.89. The zero-order chi connectivity index (χ0) is 16.2. The van der Waals surface area contributed by atoms with Crippen LogP contribution in [-0.2, 0) is 14.8 Å². The molecule has 1 atom stereocenters. The molecule has 21 heavy (non-hydrogen) atoms. The summed E-state index contributed by atoms with van der Waals surface area (Å²) in [6, 6.07) is 0.254. The van der Waals surface area contributed by atoms with Gasteiger partial charge in [0, 0.05) is 18.7 Å². The number of nitrogens with one attached hydrogen (secondary N) is 1. The van der Waals surface area contributed by atoms with E-state index < -0.39 is 50.0 Å². The first-order valence-electron chi connectivity index (χ1n) is 5.49. The minimum atomic E-state index is -4.40. The molecule has 0 fully saturated rings. The Hall–Kier alpha value is -2.11. The van der Waals surface area contributed by atoms with Crippen molar-refractivity contribution in [3.05, 3.63) is 34.1 Å². The Bertz CT molecular complexity index is 661. The molecule has 0 aromatic heterocycles. The van der Waals surface area contributed by atoms with Crippen molar-refractivity contribution in [3.8, 4) is 0 Å². The molecule has 1 aromatic carbocycles. The predicted molar refractivity (Wildman–Crippen MR) is 66.5 cm³/mol. The fraction of sp³-hybridized carbons (Fsp3) is 0.300. The monoisotopic (exact) mass is 322 g/mol. The fourth-order valence-electron chi connectivity index (χ4n) is 1.42. The first kappa shape index (κ1) is 16.9. The number of hydrogen-bond donors (Lipinski definition) is 3. The van der Waals surface area contributed by atoms with Crippen LogP contribution in [0.3, 0.4) is 0 Å². The van der Waals surface area contributed by atoms with Crippen LogP contribution in [0.1, 0.15) is 6.42 Å². The summed E-state index contributed by atoms with van der Waals surface area (Å²) in [4.78, 5) is 19.6. The van der Waals surface area contributed by atoms with Gasteiger partial charge in [0.2, 0.25) is 15.8 Å². The second-order valence-corrected chi connectivity index (χ2v) is 5.61. The number of carbonyl (C=O) groups is 1. The number of hydrogen-bond acceptors (Lipinski definition) is 6. The number of aliphatic hydroxyl groups is 1. The number of aliphatic hydroxyl groups excluding tert-OH is 1. The van der Waals surface area contributed by atoms with E-state index in [0.717, 1.165) is 6.07 Å². The van der Waals surface area contributed by atoms with E-state index in [9.17, 15) is 27.7 Å². The lowest BCUT2D eigenvalue weighted by atomic mass is 10.2. The fourth-order valence-corrected chi connectivity index (χ4v) is 2.66. The van der Waals surface area contributed by atoms with E-state index in [2.05, 4.69) is 0 Å². The lowest BCUT2D eigenvalue weighted by Crippen LogP contribution is -2.41. The van der Waals surface area contributed by atoms with Gasteiger partial charge in [-0.2, -0.15) is 9.11 Å². The van der Waals surface area contributed by atoms with E-state index in [-0.39, 0.29) is 6.42 Å². The third-order valence-electron chi connectivity index (χ3n) is 2.44. The Labute approximate surface area is 118 Å². The van der Waals surface area contributed by atoms with Gasteiger partial charge in [0.05, 0.1) is 9.82 Å². The number of carboxylic acids is 1. The number of rotatable bonds is 7. The van der Waals surface area contributed by atoms with E-state index in [1.165, 1.54) is 0 Å². The molecule has 0 amide bonds. The summed E-state index contributed by atoms with van der Waals surface area (Å²) in [7, 11) is -4.40. The molecule has 0 aliphatic rings. The van der Waals surface area contributed by atoms with Gasteiger partial charge in [-0.05, 0) is 12.5 Å². The molecule has 11 heteroatoms. The maximum absolute atomic E-state index is 13.4. The maximum atomic E-state index is 13.4. The summed E-state index contributed by atoms with van der Waals surface area (Å²) in [5.74, 6) is -2.88. The first-order valence-corrected chi connectivity index (χ1v) is 6.97. The number of carboxylic acid groups (broad SMARTS) is 1. The minimum Gasteiger partial charge on any atom is -0.480 e. The molecule has 0 radical (unpaired) electrons. The molecule has 116 valence electrons. The van der Waals surface area contributed by atoms with Crippen LogP contribution < -0.4 is 4.72 Å². The molecule has 1 unspecified atom stereocenters. The van der Waals surface area contributed by atoms with Crippen molar-refractivity contribution < 1.29 is 32.7 Å². The van der Waals surface area contributed by atoms with Gasteiger partial charge in [-0.1, -0.05) is 0 Å². The van der Waals surface area contributed by atoms with Crippen molar-refractivity contribution in [1.82, 2.24) is 4.72 Å². The van der Waals surface area contributed by atoms with Crippen LogP contribution in [-0.4, -0.2) is 42.2 Å². The number of nitro groups is 1. The second kappa shape index (κ2) is 6.56. The highest BCUT2D eigenvalue weighted by Crippen LogP contribution is 2.21. The molecule has 0 aliphatic heterocycles. The molecule has 9 nitrogen and oxygen atoms in total. The van der Waals surface area contributed by atoms with Gasteiger partial charge in [0.25, 0.3) is 0 Å². The highest BCUT2D eigenvalue weighted by Gasteiger charge is 2.26. The topological polar surface area (TPSA) is 147 Å². The molecule has 0 bridgehead atoms. The molecule has 0 aliphatic carbocycles. The smallest absolute Gasteiger partial charge is 0.321 e. The largest absolute Gasteiger partial charge is 0.480 e. The Morgan fingerprint density at radius 3 is 2.52 bits per heavy atom. The standard InChI is InChI=1S/C10H11FN2O7S/c11-7-5-6(1-2-9(7)13(17)18)21(19,20)12-8(3-4-14)10(15)16/h1-2,5,8,12,14H,3-4H2,(H,15,16). The first-order chi connectivity index (χ1) is 9.69. The molecule has 1 rings (SSSR count). The lowest BCUT2D eigenvalue weighted by molar-refractivity contribution is -0.387. The summed E-state index contributed by atoms with van der Waals surface area (Å²) in [5.41, 5.74) is -0.904. The lowest BCUT2D eigenvalue weighted by Gasteiger charge is -2.13. The van der Waals surface area contributed by atoms with Gasteiger partial charge in [-0.3, -0.25) is 14.9 Å². The summed E-state index contributed by atoms with van der Waals surface area (Å²) in [6.07, 6.45) is -0.385. The van der Waals surface area contributed by atoms with E-state index >= 15 is 0 Å². The molecule has 0 heterocycles. The van der Waals surface area contributed by atoms with Crippen LogP contribution in [0, 0.1) is 15.9 Å². The number of nitrogens with zero attached hydrogens (tertiary/aromatic N) is 1. The van der Waals surface area contributed by atoms with Crippen molar-refractivity contribution in [1.29, 1.82) is 0 Å². The Morgan fingerprint density at radius 2 is 2.10 bits per heavy atom. The van der Waals surface area contributed by atoms with E-state index in [1.807, 2.05) is 0 Å². The van der Waals surface area contributed by atoms with Crippen LogP contribution in [0.5, 0.6) is 0 Å². The normalized spacial score (nSPS) is 12.9. The third kappa shape index (κ3) is 4.18. The Kier molecular flexibility index (Phi) is 5.29. The third-order valence-corrected chi connectivity index (χ3v) is 3.91. The van der Waals surface area contributed by atoms with Crippen LogP contribution >= 0.6 is 0 Å². The van der Waals surface area contributed by atoms with Crippen molar-refractivity contribution >= 4 is 21.7 Å². The van der Waals surface area contributed by atoms with Crippen molar-refractivity contribution in [2.24, 2.45) is 0 Å². The van der Waals surface area contributed by atoms with Crippen molar-refractivity contribution in [3.63, 3.8) is 0 Å². The Balaban J connectivity index is 3.10. The SMILES string of the molecule is O=C(O)C(CCO)NS(=O)(=O)c1ccc([N+](=O)[O-])c(F)c1. The minimum absolute atomic E-state index is 0.385.